The zero-order valence-corrected chi connectivity index (χ0v) is 38.6. The summed E-state index contributed by atoms with van der Waals surface area (Å²) in [7, 11) is 3.38. The highest BCUT2D eigenvalue weighted by Gasteiger charge is 2.33. The molecule has 0 aliphatic heterocycles. The zero-order chi connectivity index (χ0) is 45.5. The van der Waals surface area contributed by atoms with Crippen molar-refractivity contribution < 1.29 is 9.47 Å². The smallest absolute Gasteiger partial charge is 0.118 e. The lowest BCUT2D eigenvalue weighted by atomic mass is 9.71. The highest BCUT2D eigenvalue weighted by Crippen LogP contribution is 2.41. The lowest BCUT2D eigenvalue weighted by Gasteiger charge is -2.32. The Morgan fingerprint density at radius 3 is 0.585 bits per heavy atom. The number of hydrogen-bond acceptors (Lipinski definition) is 2. The molecule has 0 aliphatic carbocycles. The molecule has 9 aromatic rings. The molecule has 0 aliphatic rings. The van der Waals surface area contributed by atoms with Crippen LogP contribution in [0.1, 0.15) is 76.4 Å². The molecule has 0 aromatic heterocycles. The third-order valence-electron chi connectivity index (χ3n) is 13.1. The van der Waals surface area contributed by atoms with Crippen LogP contribution in [0.4, 0.5) is 0 Å². The normalized spacial score (nSPS) is 11.2. The summed E-state index contributed by atoms with van der Waals surface area (Å²) in [5, 5.41) is 0. The van der Waals surface area contributed by atoms with E-state index in [1.54, 1.807) is 14.2 Å². The Hall–Kier alpha value is -7.42. The summed E-state index contributed by atoms with van der Waals surface area (Å²) in [6, 6.07) is 89.6. The second-order valence-electron chi connectivity index (χ2n) is 16.9. The van der Waals surface area contributed by atoms with Gasteiger partial charge in [-0.25, -0.2) is 0 Å². The van der Waals surface area contributed by atoms with Gasteiger partial charge in [-0.3, -0.25) is 0 Å². The molecular formula is C63H60O2. The van der Waals surface area contributed by atoms with Crippen molar-refractivity contribution in [2.24, 2.45) is 0 Å². The van der Waals surface area contributed by atoms with Crippen molar-refractivity contribution in [1.82, 2.24) is 0 Å². The summed E-state index contributed by atoms with van der Waals surface area (Å²) in [5.74, 6) is 1.73. The van der Waals surface area contributed by atoms with Gasteiger partial charge in [-0.15, -0.1) is 0 Å². The third-order valence-corrected chi connectivity index (χ3v) is 13.1. The Morgan fingerprint density at radius 1 is 0.231 bits per heavy atom. The van der Waals surface area contributed by atoms with Gasteiger partial charge in [0.05, 0.1) is 14.2 Å². The van der Waals surface area contributed by atoms with Gasteiger partial charge in [-0.1, -0.05) is 236 Å². The Morgan fingerprint density at radius 2 is 0.400 bits per heavy atom. The van der Waals surface area contributed by atoms with Crippen molar-refractivity contribution in [2.45, 2.75) is 43.9 Å². The molecule has 9 rings (SSSR count). The summed E-state index contributed by atoms with van der Waals surface area (Å²) in [6.45, 7) is 8.99. The Balaban J connectivity index is 0.000000146. The predicted octanol–water partition coefficient (Wildman–Crippen LogP) is 15.4. The first-order valence-electron chi connectivity index (χ1n) is 22.4. The highest BCUT2D eigenvalue weighted by atomic mass is 16.5. The van der Waals surface area contributed by atoms with Gasteiger partial charge in [0.2, 0.25) is 0 Å². The summed E-state index contributed by atoms with van der Waals surface area (Å²) in [5.41, 5.74) is 12.4. The topological polar surface area (TPSA) is 18.5 Å². The highest BCUT2D eigenvalue weighted by molar-refractivity contribution is 5.53. The monoisotopic (exact) mass is 848 g/mol. The van der Waals surface area contributed by atoms with E-state index in [1.807, 2.05) is 30.3 Å². The van der Waals surface area contributed by atoms with Gasteiger partial charge < -0.3 is 9.47 Å². The van der Waals surface area contributed by atoms with Crippen molar-refractivity contribution in [3.63, 3.8) is 0 Å². The van der Waals surface area contributed by atoms with Crippen LogP contribution in [0.25, 0.3) is 0 Å². The average Bonchev–Trinajstić information content (AvgIpc) is 3.40. The summed E-state index contributed by atoms with van der Waals surface area (Å²) < 4.78 is 10.6. The van der Waals surface area contributed by atoms with Gasteiger partial charge in [0.1, 0.15) is 11.5 Å². The molecule has 9 aromatic carbocycles. The fourth-order valence-corrected chi connectivity index (χ4v) is 8.86. The largest absolute Gasteiger partial charge is 0.497 e. The van der Waals surface area contributed by atoms with Crippen molar-refractivity contribution in [1.29, 1.82) is 0 Å². The maximum Gasteiger partial charge on any atom is 0.118 e. The van der Waals surface area contributed by atoms with Crippen LogP contribution in [-0.4, -0.2) is 14.2 Å². The summed E-state index contributed by atoms with van der Waals surface area (Å²) in [4.78, 5) is 0. The van der Waals surface area contributed by atoms with Gasteiger partial charge in [-0.2, -0.15) is 0 Å². The minimum absolute atomic E-state index is 0.121. The summed E-state index contributed by atoms with van der Waals surface area (Å²) >= 11 is 0. The van der Waals surface area contributed by atoms with Gasteiger partial charge in [0.15, 0.2) is 0 Å². The molecule has 0 saturated heterocycles. The predicted molar refractivity (Wildman–Crippen MR) is 272 cm³/mol. The van der Waals surface area contributed by atoms with E-state index in [0.717, 1.165) is 11.5 Å². The maximum atomic E-state index is 5.31. The molecule has 65 heavy (non-hydrogen) atoms. The second-order valence-corrected chi connectivity index (χ2v) is 16.9. The molecular weight excluding hydrogens is 789 g/mol. The SMILES string of the molecule is CC(c1ccccc1)(c1ccccc1)c1ccccc1.COc1ccc(C(C)(c2ccccc2)c2ccc(OC)cc2)cc1.Cc1ccc(C(C)(c2ccccc2)c2ccccc2)cc1. The van der Waals surface area contributed by atoms with Crippen LogP contribution in [0.15, 0.2) is 255 Å². The molecule has 0 N–H and O–H groups in total. The van der Waals surface area contributed by atoms with Crippen molar-refractivity contribution in [3.8, 4) is 11.5 Å². The van der Waals surface area contributed by atoms with Gasteiger partial charge in [0.25, 0.3) is 0 Å². The summed E-state index contributed by atoms with van der Waals surface area (Å²) in [6.07, 6.45) is 0. The second kappa shape index (κ2) is 21.3. The van der Waals surface area contributed by atoms with E-state index in [0.29, 0.717) is 0 Å². The fourth-order valence-electron chi connectivity index (χ4n) is 8.86. The van der Waals surface area contributed by atoms with E-state index in [1.165, 1.54) is 55.6 Å². The van der Waals surface area contributed by atoms with Crippen LogP contribution in [0.3, 0.4) is 0 Å². The number of ether oxygens (including phenoxy) is 2. The molecule has 2 heteroatoms. The Labute approximate surface area is 387 Å². The van der Waals surface area contributed by atoms with Crippen LogP contribution in [0.2, 0.25) is 0 Å². The number of benzene rings is 9. The lowest BCUT2D eigenvalue weighted by molar-refractivity contribution is 0.414. The number of rotatable bonds is 11. The molecule has 2 nitrogen and oxygen atoms in total. The number of hydrogen-bond donors (Lipinski definition) is 0. The van der Waals surface area contributed by atoms with Crippen molar-refractivity contribution in [3.05, 3.63) is 310 Å². The first kappa shape index (κ1) is 45.6. The lowest BCUT2D eigenvalue weighted by Crippen LogP contribution is -2.25. The van der Waals surface area contributed by atoms with Crippen LogP contribution in [-0.2, 0) is 16.2 Å². The molecule has 0 heterocycles. The Kier molecular flexibility index (Phi) is 14.9. The molecule has 324 valence electrons. The van der Waals surface area contributed by atoms with E-state index < -0.39 is 0 Å². The van der Waals surface area contributed by atoms with E-state index in [4.69, 9.17) is 9.47 Å². The van der Waals surface area contributed by atoms with E-state index in [9.17, 15) is 0 Å². The minimum Gasteiger partial charge on any atom is -0.497 e. The third kappa shape index (κ3) is 10.2. The van der Waals surface area contributed by atoms with Crippen LogP contribution < -0.4 is 9.47 Å². The van der Waals surface area contributed by atoms with Crippen LogP contribution in [0, 0.1) is 6.92 Å². The number of methoxy groups -OCH3 is 2. The van der Waals surface area contributed by atoms with Crippen molar-refractivity contribution >= 4 is 0 Å². The van der Waals surface area contributed by atoms with E-state index >= 15 is 0 Å². The first-order valence-corrected chi connectivity index (χ1v) is 22.4. The molecule has 0 bridgehead atoms. The van der Waals surface area contributed by atoms with Gasteiger partial charge in [0, 0.05) is 16.2 Å². The molecule has 0 atom stereocenters. The minimum atomic E-state index is -0.250. The standard InChI is InChI=1S/C22H22O2.C21H20.C20H18/c1-22(17-7-5-4-6-8-17,18-9-13-20(23-2)14-10-18)19-11-15-21(24-3)16-12-19;1-17-13-15-20(16-14-17)21(2,18-9-5-3-6-10-18)19-11-7-4-8-12-19;1-20(17-11-5-2-6-12-17,18-13-7-3-8-14-18)19-15-9-4-10-16-19/h4-16H,1-3H3;3-16H,1-2H3;2-16H,1H3. The molecule has 0 saturated carbocycles. The van der Waals surface area contributed by atoms with Gasteiger partial charge in [-0.05, 0) is 102 Å². The quantitative estimate of drug-likeness (QED) is 0.121. The molecule has 0 unspecified atom stereocenters. The maximum absolute atomic E-state index is 5.31. The fraction of sp³-hybridized carbons (Fsp3) is 0.143. The zero-order valence-electron chi connectivity index (χ0n) is 38.6. The molecule has 0 radical (unpaired) electrons. The molecule has 0 amide bonds. The molecule has 0 spiro atoms. The van der Waals surface area contributed by atoms with Crippen molar-refractivity contribution in [2.75, 3.05) is 14.2 Å². The van der Waals surface area contributed by atoms with Crippen LogP contribution >= 0.6 is 0 Å². The van der Waals surface area contributed by atoms with Gasteiger partial charge >= 0.3 is 0 Å². The number of aryl methyl sites for hydroxylation is 1. The van der Waals surface area contributed by atoms with E-state index in [-0.39, 0.29) is 16.2 Å². The van der Waals surface area contributed by atoms with E-state index in [2.05, 4.69) is 252 Å². The molecule has 0 fully saturated rings. The Bertz CT molecular complexity index is 2570. The first-order chi connectivity index (χ1) is 31.7. The average molecular weight is 849 g/mol. The van der Waals surface area contributed by atoms with Crippen LogP contribution in [0.5, 0.6) is 11.5 Å².